The summed E-state index contributed by atoms with van der Waals surface area (Å²) in [5.74, 6) is 0.563. The fourth-order valence-electron chi connectivity index (χ4n) is 2.12. The summed E-state index contributed by atoms with van der Waals surface area (Å²) >= 11 is 0. The van der Waals surface area contributed by atoms with E-state index in [1.165, 1.54) is 12.1 Å². The van der Waals surface area contributed by atoms with Crippen molar-refractivity contribution in [2.24, 2.45) is 0 Å². The van der Waals surface area contributed by atoms with Crippen LogP contribution in [0.4, 0.5) is 0 Å². The Morgan fingerprint density at radius 3 is 2.37 bits per heavy atom. The van der Waals surface area contributed by atoms with Crippen LogP contribution in [0.25, 0.3) is 0 Å². The predicted molar refractivity (Wildman–Crippen MR) is 66.0 cm³/mol. The van der Waals surface area contributed by atoms with E-state index in [2.05, 4.69) is 0 Å². The number of benzene rings is 1. The molecule has 1 aliphatic heterocycles. The molecule has 1 heterocycles. The summed E-state index contributed by atoms with van der Waals surface area (Å²) in [4.78, 5) is 0. The molecule has 1 aromatic rings. The third kappa shape index (κ3) is 2.98. The van der Waals surface area contributed by atoms with Crippen molar-refractivity contribution in [3.8, 4) is 11.5 Å². The number of phenols is 1. The summed E-state index contributed by atoms with van der Waals surface area (Å²) in [6.07, 6.45) is -4.41. The second-order valence-electron chi connectivity index (χ2n) is 4.62. The van der Waals surface area contributed by atoms with Crippen LogP contribution in [-0.2, 0) is 4.74 Å². The van der Waals surface area contributed by atoms with Crippen LogP contribution >= 0.6 is 0 Å². The Hall–Kier alpha value is -1.34. The lowest BCUT2D eigenvalue weighted by atomic mass is 9.96. The van der Waals surface area contributed by atoms with Gasteiger partial charge in [-0.15, -0.1) is 0 Å². The highest BCUT2D eigenvalue weighted by Crippen LogP contribution is 2.26. The SMILES string of the molecule is CC1OC(CO)C(O)C(O)C1Oc1ccc(O)cc1. The van der Waals surface area contributed by atoms with E-state index in [1.54, 1.807) is 19.1 Å². The molecule has 1 aliphatic rings. The van der Waals surface area contributed by atoms with Crippen LogP contribution in [0, 0.1) is 0 Å². The molecule has 106 valence electrons. The minimum atomic E-state index is -1.21. The maximum atomic E-state index is 10.0. The quantitative estimate of drug-likeness (QED) is 0.598. The number of aliphatic hydroxyl groups is 3. The fourth-order valence-corrected chi connectivity index (χ4v) is 2.12. The van der Waals surface area contributed by atoms with Crippen LogP contribution in [0.5, 0.6) is 11.5 Å². The number of aromatic hydroxyl groups is 1. The van der Waals surface area contributed by atoms with Gasteiger partial charge in [-0.25, -0.2) is 0 Å². The molecule has 5 atom stereocenters. The third-order valence-electron chi connectivity index (χ3n) is 3.21. The smallest absolute Gasteiger partial charge is 0.153 e. The summed E-state index contributed by atoms with van der Waals surface area (Å²) in [6.45, 7) is 1.33. The lowest BCUT2D eigenvalue weighted by Gasteiger charge is -2.40. The van der Waals surface area contributed by atoms with Crippen LogP contribution < -0.4 is 4.74 Å². The zero-order chi connectivity index (χ0) is 14.0. The minimum Gasteiger partial charge on any atom is -0.508 e. The summed E-state index contributed by atoms with van der Waals surface area (Å²) in [5, 5.41) is 38.0. The van der Waals surface area contributed by atoms with Gasteiger partial charge in [-0.3, -0.25) is 0 Å². The average molecular weight is 270 g/mol. The number of hydrogen-bond acceptors (Lipinski definition) is 6. The van der Waals surface area contributed by atoms with Gasteiger partial charge in [0.2, 0.25) is 0 Å². The molecule has 6 heteroatoms. The maximum Gasteiger partial charge on any atom is 0.153 e. The summed E-state index contributed by atoms with van der Waals surface area (Å²) in [5.41, 5.74) is 0. The normalized spacial score (nSPS) is 35.1. The first-order chi connectivity index (χ1) is 9.02. The summed E-state index contributed by atoms with van der Waals surface area (Å²) in [7, 11) is 0. The molecule has 0 amide bonds. The molecule has 4 N–H and O–H groups in total. The van der Waals surface area contributed by atoms with Gasteiger partial charge in [-0.2, -0.15) is 0 Å². The monoisotopic (exact) mass is 270 g/mol. The summed E-state index contributed by atoms with van der Waals surface area (Å²) < 4.78 is 11.0. The summed E-state index contributed by atoms with van der Waals surface area (Å²) in [6, 6.07) is 6.03. The van der Waals surface area contributed by atoms with Gasteiger partial charge in [0.1, 0.15) is 29.8 Å². The lowest BCUT2D eigenvalue weighted by molar-refractivity contribution is -0.217. The lowest BCUT2D eigenvalue weighted by Crippen LogP contribution is -2.59. The van der Waals surface area contributed by atoms with Crippen LogP contribution in [0.2, 0.25) is 0 Å². The molecule has 1 aromatic carbocycles. The van der Waals surface area contributed by atoms with E-state index in [-0.39, 0.29) is 12.4 Å². The van der Waals surface area contributed by atoms with Crippen molar-refractivity contribution >= 4 is 0 Å². The molecule has 19 heavy (non-hydrogen) atoms. The van der Waals surface area contributed by atoms with Crippen molar-refractivity contribution in [3.63, 3.8) is 0 Å². The van der Waals surface area contributed by atoms with Crippen molar-refractivity contribution < 1.29 is 29.9 Å². The maximum absolute atomic E-state index is 10.0. The molecule has 1 fully saturated rings. The first-order valence-electron chi connectivity index (χ1n) is 6.11. The molecular weight excluding hydrogens is 252 g/mol. The van der Waals surface area contributed by atoms with E-state index in [9.17, 15) is 15.3 Å². The van der Waals surface area contributed by atoms with Gasteiger partial charge in [0.05, 0.1) is 12.7 Å². The van der Waals surface area contributed by atoms with Crippen molar-refractivity contribution in [2.45, 2.75) is 37.4 Å². The highest BCUT2D eigenvalue weighted by molar-refractivity contribution is 5.30. The van der Waals surface area contributed by atoms with E-state index in [4.69, 9.17) is 14.6 Å². The Labute approximate surface area is 110 Å². The Kier molecular flexibility index (Phi) is 4.26. The number of rotatable bonds is 3. The van der Waals surface area contributed by atoms with E-state index in [1.807, 2.05) is 0 Å². The van der Waals surface area contributed by atoms with Crippen LogP contribution in [0.3, 0.4) is 0 Å². The molecule has 0 radical (unpaired) electrons. The van der Waals surface area contributed by atoms with E-state index < -0.39 is 30.5 Å². The van der Waals surface area contributed by atoms with Gasteiger partial charge in [0.25, 0.3) is 0 Å². The third-order valence-corrected chi connectivity index (χ3v) is 3.21. The predicted octanol–water partition coefficient (Wildman–Crippen LogP) is -0.359. The van der Waals surface area contributed by atoms with Crippen molar-refractivity contribution in [3.05, 3.63) is 24.3 Å². The molecule has 0 aliphatic carbocycles. The number of ether oxygens (including phenoxy) is 2. The van der Waals surface area contributed by atoms with E-state index in [0.717, 1.165) is 0 Å². The molecule has 0 saturated carbocycles. The molecular formula is C13H18O6. The van der Waals surface area contributed by atoms with E-state index in [0.29, 0.717) is 5.75 Å². The van der Waals surface area contributed by atoms with Crippen molar-refractivity contribution in [1.29, 1.82) is 0 Å². The topological polar surface area (TPSA) is 99.4 Å². The van der Waals surface area contributed by atoms with E-state index >= 15 is 0 Å². The Morgan fingerprint density at radius 2 is 1.79 bits per heavy atom. The van der Waals surface area contributed by atoms with Crippen LogP contribution in [0.1, 0.15) is 6.92 Å². The fraction of sp³-hybridized carbons (Fsp3) is 0.538. The zero-order valence-electron chi connectivity index (χ0n) is 10.5. The number of aliphatic hydroxyl groups excluding tert-OH is 3. The van der Waals surface area contributed by atoms with Gasteiger partial charge in [-0.1, -0.05) is 0 Å². The standard InChI is InChI=1S/C13H18O6/c1-7-13(12(17)11(16)10(6-14)18-7)19-9-4-2-8(15)3-5-9/h2-5,7,10-17H,6H2,1H3. The van der Waals surface area contributed by atoms with Crippen molar-refractivity contribution in [1.82, 2.24) is 0 Å². The number of phenolic OH excluding ortho intramolecular Hbond substituents is 1. The molecule has 6 nitrogen and oxygen atoms in total. The van der Waals surface area contributed by atoms with Gasteiger partial charge < -0.3 is 29.9 Å². The first kappa shape index (κ1) is 14.1. The molecule has 1 saturated heterocycles. The molecule has 5 unspecified atom stereocenters. The molecule has 0 aromatic heterocycles. The van der Waals surface area contributed by atoms with Gasteiger partial charge in [-0.05, 0) is 31.2 Å². The Balaban J connectivity index is 2.09. The van der Waals surface area contributed by atoms with Gasteiger partial charge >= 0.3 is 0 Å². The Morgan fingerprint density at radius 1 is 1.16 bits per heavy atom. The molecule has 0 spiro atoms. The molecule has 2 rings (SSSR count). The van der Waals surface area contributed by atoms with Crippen LogP contribution in [-0.4, -0.2) is 57.6 Å². The minimum absolute atomic E-state index is 0.112. The second-order valence-corrected chi connectivity index (χ2v) is 4.62. The second kappa shape index (κ2) is 5.75. The highest BCUT2D eigenvalue weighted by Gasteiger charge is 2.43. The Bertz CT molecular complexity index is 406. The largest absolute Gasteiger partial charge is 0.508 e. The van der Waals surface area contributed by atoms with Crippen molar-refractivity contribution in [2.75, 3.05) is 6.61 Å². The van der Waals surface area contributed by atoms with Gasteiger partial charge in [0.15, 0.2) is 6.10 Å². The highest BCUT2D eigenvalue weighted by atomic mass is 16.6. The van der Waals surface area contributed by atoms with Gasteiger partial charge in [0, 0.05) is 0 Å². The zero-order valence-corrected chi connectivity index (χ0v) is 10.5. The average Bonchev–Trinajstić information content (AvgIpc) is 2.41. The number of hydrogen-bond donors (Lipinski definition) is 4. The first-order valence-corrected chi connectivity index (χ1v) is 6.11. The molecule has 0 bridgehead atoms. The van der Waals surface area contributed by atoms with Crippen LogP contribution in [0.15, 0.2) is 24.3 Å².